The Balaban J connectivity index is 2.26. The Hall–Kier alpha value is -1.47. The van der Waals surface area contributed by atoms with E-state index in [1.54, 1.807) is 18.0 Å². The summed E-state index contributed by atoms with van der Waals surface area (Å²) in [5.74, 6) is -0.203. The van der Waals surface area contributed by atoms with Crippen molar-refractivity contribution in [2.45, 2.75) is 19.4 Å². The number of nitrogens with zero attached hydrogens (tertiary/aromatic N) is 3. The van der Waals surface area contributed by atoms with E-state index >= 15 is 0 Å². The number of methoxy groups -OCH3 is 1. The second-order valence-corrected chi connectivity index (χ2v) is 3.61. The molecule has 0 aromatic carbocycles. The predicted octanol–water partition coefficient (Wildman–Crippen LogP) is -0.607. The lowest BCUT2D eigenvalue weighted by atomic mass is 10.3. The molecule has 0 aliphatic carbocycles. The van der Waals surface area contributed by atoms with E-state index in [1.807, 2.05) is 0 Å². The minimum Gasteiger partial charge on any atom is -0.385 e. The third kappa shape index (κ3) is 4.92. The molecule has 7 nitrogen and oxygen atoms in total. The molecule has 0 saturated carbocycles. The molecule has 0 radical (unpaired) electrons. The third-order valence-electron chi connectivity index (χ3n) is 2.19. The summed E-state index contributed by atoms with van der Waals surface area (Å²) in [6.07, 6.45) is 3.41. The van der Waals surface area contributed by atoms with Crippen LogP contribution in [-0.4, -0.2) is 47.7 Å². The zero-order chi connectivity index (χ0) is 12.5. The van der Waals surface area contributed by atoms with Crippen LogP contribution in [0.2, 0.25) is 0 Å². The smallest absolute Gasteiger partial charge is 0.273 e. The van der Waals surface area contributed by atoms with E-state index < -0.39 is 0 Å². The zero-order valence-electron chi connectivity index (χ0n) is 10.1. The molecule has 0 atom stereocenters. The number of rotatable bonds is 8. The van der Waals surface area contributed by atoms with Crippen LogP contribution in [0.5, 0.6) is 0 Å². The predicted molar refractivity (Wildman–Crippen MR) is 62.5 cm³/mol. The molecule has 1 heterocycles. The van der Waals surface area contributed by atoms with Gasteiger partial charge < -0.3 is 15.8 Å². The van der Waals surface area contributed by atoms with Gasteiger partial charge in [-0.3, -0.25) is 9.48 Å². The summed E-state index contributed by atoms with van der Waals surface area (Å²) in [5.41, 5.74) is 5.70. The lowest BCUT2D eigenvalue weighted by Crippen LogP contribution is -2.25. The molecule has 7 heteroatoms. The molecule has 0 fully saturated rings. The van der Waals surface area contributed by atoms with E-state index in [1.165, 1.54) is 0 Å². The van der Waals surface area contributed by atoms with Crippen molar-refractivity contribution in [3.63, 3.8) is 0 Å². The summed E-state index contributed by atoms with van der Waals surface area (Å²) in [4.78, 5) is 11.6. The van der Waals surface area contributed by atoms with Crippen molar-refractivity contribution in [1.82, 2.24) is 20.3 Å². The fraction of sp³-hybridized carbons (Fsp3) is 0.700. The van der Waals surface area contributed by atoms with Crippen LogP contribution in [0.1, 0.15) is 23.3 Å². The minimum absolute atomic E-state index is 0.203. The summed E-state index contributed by atoms with van der Waals surface area (Å²) < 4.78 is 6.47. The highest BCUT2D eigenvalue weighted by atomic mass is 16.5. The van der Waals surface area contributed by atoms with Crippen molar-refractivity contribution in [1.29, 1.82) is 0 Å². The minimum atomic E-state index is -0.203. The number of nitrogens with two attached hydrogens (primary N) is 1. The molecular formula is C10H19N5O2. The largest absolute Gasteiger partial charge is 0.385 e. The van der Waals surface area contributed by atoms with Crippen LogP contribution >= 0.6 is 0 Å². The topological polar surface area (TPSA) is 95.1 Å². The standard InChI is InChI=1S/C10H19N5O2/c1-17-7-3-2-5-12-10(16)9-8-15(6-4-11)14-13-9/h8H,2-7,11H2,1H3,(H,12,16). The Morgan fingerprint density at radius 3 is 3.12 bits per heavy atom. The van der Waals surface area contributed by atoms with Gasteiger partial charge in [-0.2, -0.15) is 0 Å². The Morgan fingerprint density at radius 2 is 2.41 bits per heavy atom. The maximum atomic E-state index is 11.6. The highest BCUT2D eigenvalue weighted by Crippen LogP contribution is 1.94. The molecule has 0 aliphatic heterocycles. The summed E-state index contributed by atoms with van der Waals surface area (Å²) in [7, 11) is 1.66. The maximum absolute atomic E-state index is 11.6. The van der Waals surface area contributed by atoms with Gasteiger partial charge in [0.05, 0.1) is 12.7 Å². The van der Waals surface area contributed by atoms with Gasteiger partial charge in [-0.05, 0) is 12.8 Å². The molecule has 0 aliphatic rings. The number of aromatic nitrogens is 3. The number of hydrogen-bond acceptors (Lipinski definition) is 5. The number of carbonyl (C=O) groups excluding carboxylic acids is 1. The molecule has 0 spiro atoms. The highest BCUT2D eigenvalue weighted by molar-refractivity contribution is 5.91. The summed E-state index contributed by atoms with van der Waals surface area (Å²) >= 11 is 0. The van der Waals surface area contributed by atoms with E-state index in [0.29, 0.717) is 31.9 Å². The molecule has 1 aromatic rings. The maximum Gasteiger partial charge on any atom is 0.273 e. The molecule has 1 amide bonds. The van der Waals surface area contributed by atoms with Gasteiger partial charge in [-0.15, -0.1) is 5.10 Å². The van der Waals surface area contributed by atoms with Gasteiger partial charge in [-0.25, -0.2) is 0 Å². The third-order valence-corrected chi connectivity index (χ3v) is 2.19. The van der Waals surface area contributed by atoms with Gasteiger partial charge in [0.2, 0.25) is 0 Å². The molecule has 0 bridgehead atoms. The van der Waals surface area contributed by atoms with Gasteiger partial charge in [0.1, 0.15) is 0 Å². The normalized spacial score (nSPS) is 10.5. The summed E-state index contributed by atoms with van der Waals surface area (Å²) in [5, 5.41) is 10.3. The Kier molecular flexibility index (Phi) is 6.19. The van der Waals surface area contributed by atoms with E-state index in [-0.39, 0.29) is 5.91 Å². The van der Waals surface area contributed by atoms with Crippen LogP contribution in [0.15, 0.2) is 6.20 Å². The molecule has 0 saturated heterocycles. The lowest BCUT2D eigenvalue weighted by molar-refractivity contribution is 0.0946. The van der Waals surface area contributed by atoms with Gasteiger partial charge >= 0.3 is 0 Å². The molecule has 0 unspecified atom stereocenters. The van der Waals surface area contributed by atoms with Crippen LogP contribution in [0.4, 0.5) is 0 Å². The first-order valence-corrected chi connectivity index (χ1v) is 5.65. The summed E-state index contributed by atoms with van der Waals surface area (Å²) in [6, 6.07) is 0. The summed E-state index contributed by atoms with van der Waals surface area (Å²) in [6.45, 7) is 2.37. The monoisotopic (exact) mass is 241 g/mol. The molecule has 1 aromatic heterocycles. The van der Waals surface area contributed by atoms with Gasteiger partial charge in [0.15, 0.2) is 5.69 Å². The molecular weight excluding hydrogens is 222 g/mol. The van der Waals surface area contributed by atoms with Crippen molar-refractivity contribution in [2.75, 3.05) is 26.8 Å². The van der Waals surface area contributed by atoms with Crippen molar-refractivity contribution in [3.05, 3.63) is 11.9 Å². The first kappa shape index (κ1) is 13.6. The molecule has 17 heavy (non-hydrogen) atoms. The fourth-order valence-electron chi connectivity index (χ4n) is 1.31. The first-order valence-electron chi connectivity index (χ1n) is 5.65. The van der Waals surface area contributed by atoms with Crippen LogP contribution < -0.4 is 11.1 Å². The number of unbranched alkanes of at least 4 members (excludes halogenated alkanes) is 1. The van der Waals surface area contributed by atoms with E-state index in [2.05, 4.69) is 15.6 Å². The van der Waals surface area contributed by atoms with Crippen molar-refractivity contribution in [2.24, 2.45) is 5.73 Å². The van der Waals surface area contributed by atoms with Gasteiger partial charge in [0, 0.05) is 26.8 Å². The quantitative estimate of drug-likeness (QED) is 0.592. The van der Waals surface area contributed by atoms with Crippen LogP contribution in [-0.2, 0) is 11.3 Å². The number of carbonyl (C=O) groups is 1. The Labute approximate surface area is 100 Å². The number of amides is 1. The fourth-order valence-corrected chi connectivity index (χ4v) is 1.31. The van der Waals surface area contributed by atoms with Crippen LogP contribution in [0.3, 0.4) is 0 Å². The van der Waals surface area contributed by atoms with Gasteiger partial charge in [0.25, 0.3) is 5.91 Å². The number of ether oxygens (including phenoxy) is 1. The van der Waals surface area contributed by atoms with Crippen molar-refractivity contribution < 1.29 is 9.53 Å². The van der Waals surface area contributed by atoms with E-state index in [0.717, 1.165) is 12.8 Å². The van der Waals surface area contributed by atoms with Crippen molar-refractivity contribution >= 4 is 5.91 Å². The second-order valence-electron chi connectivity index (χ2n) is 3.61. The SMILES string of the molecule is COCCCCNC(=O)c1cn(CCN)nn1. The average molecular weight is 241 g/mol. The zero-order valence-corrected chi connectivity index (χ0v) is 10.1. The van der Waals surface area contributed by atoms with E-state index in [4.69, 9.17) is 10.5 Å². The number of nitrogens with one attached hydrogen (secondary N) is 1. The average Bonchev–Trinajstić information content (AvgIpc) is 2.78. The molecule has 1 rings (SSSR count). The van der Waals surface area contributed by atoms with Crippen LogP contribution in [0.25, 0.3) is 0 Å². The number of hydrogen-bond donors (Lipinski definition) is 2. The first-order chi connectivity index (χ1) is 8.27. The lowest BCUT2D eigenvalue weighted by Gasteiger charge is -2.02. The van der Waals surface area contributed by atoms with Gasteiger partial charge in [-0.1, -0.05) is 5.21 Å². The second kappa shape index (κ2) is 7.75. The molecule has 96 valence electrons. The van der Waals surface area contributed by atoms with Crippen molar-refractivity contribution in [3.8, 4) is 0 Å². The Bertz CT molecular complexity index is 339. The van der Waals surface area contributed by atoms with E-state index in [9.17, 15) is 4.79 Å². The highest BCUT2D eigenvalue weighted by Gasteiger charge is 2.09. The molecule has 3 N–H and O–H groups in total. The van der Waals surface area contributed by atoms with Crippen LogP contribution in [0, 0.1) is 0 Å². The Morgan fingerprint density at radius 1 is 1.59 bits per heavy atom.